The molecule has 0 N–H and O–H groups in total. The van der Waals surface area contributed by atoms with Crippen molar-refractivity contribution in [3.8, 4) is 9.85 Å². The molecule has 1 aliphatic rings. The zero-order valence-corrected chi connectivity index (χ0v) is 21.5. The second kappa shape index (κ2) is 20.0. The average Bonchev–Trinajstić information content (AvgIpc) is 2.67. The van der Waals surface area contributed by atoms with Gasteiger partial charge in [0.15, 0.2) is 0 Å². The van der Waals surface area contributed by atoms with E-state index in [1.54, 1.807) is 0 Å². The molecule has 1 rings (SSSR count). The molecule has 0 unspecified atom stereocenters. The normalized spacial score (nSPS) is 15.6. The first-order chi connectivity index (χ1) is 12.8. The summed E-state index contributed by atoms with van der Waals surface area (Å²) in [5.74, 6) is 3.31. The topological polar surface area (TPSA) is 9.23 Å². The van der Waals surface area contributed by atoms with Crippen LogP contribution in [0.15, 0.2) is 0 Å². The molecule has 0 radical (unpaired) electrons. The molecule has 27 heavy (non-hydrogen) atoms. The number of nitrogens with zero attached hydrogens (tertiary/aromatic N) is 1. The van der Waals surface area contributed by atoms with E-state index in [2.05, 4.69) is 39.4 Å². The van der Waals surface area contributed by atoms with Crippen molar-refractivity contribution in [2.24, 2.45) is 0 Å². The van der Waals surface area contributed by atoms with Crippen LogP contribution in [0.5, 0.6) is 0 Å². The van der Waals surface area contributed by atoms with Gasteiger partial charge in [-0.05, 0) is 22.7 Å². The minimum absolute atomic E-state index is 0. The Morgan fingerprint density at radius 2 is 1.19 bits per heavy atom. The lowest BCUT2D eigenvalue weighted by Gasteiger charge is -2.40. The first-order valence-corrected chi connectivity index (χ1v) is 12.4. The van der Waals surface area contributed by atoms with Crippen molar-refractivity contribution in [3.05, 3.63) is 0 Å². The molecule has 0 saturated carbocycles. The van der Waals surface area contributed by atoms with Crippen LogP contribution in [-0.2, 0) is 4.74 Å². The summed E-state index contributed by atoms with van der Waals surface area (Å²) in [5, 5.41) is 0. The maximum atomic E-state index is 5.56. The number of unbranched alkanes of at least 4 members (excludes halogenated alkanes) is 13. The number of hydrogen-bond donors (Lipinski definition) is 0. The lowest BCUT2D eigenvalue weighted by molar-refractivity contribution is -0.928. The third-order valence-corrected chi connectivity index (χ3v) is 6.27. The van der Waals surface area contributed by atoms with Gasteiger partial charge >= 0.3 is 0 Å². The Kier molecular flexibility index (Phi) is 20.5. The Morgan fingerprint density at radius 1 is 0.741 bits per heavy atom. The number of quaternary nitrogens is 1. The standard InChI is InChI=1S/C23H43INO.BrH/c1-2-3-4-5-6-7-8-9-10-11-12-13-14-15-18-25(19-16-17-24)20-22-26-23-21-25;/h2-15,18-23H2,1H3;1H/q+1;/p-1. The minimum atomic E-state index is 0. The highest BCUT2D eigenvalue weighted by atomic mass is 127. The zero-order valence-electron chi connectivity index (χ0n) is 17.8. The third-order valence-electron chi connectivity index (χ3n) is 5.89. The Bertz CT molecular complexity index is 374. The average molecular weight is 556 g/mol. The minimum Gasteiger partial charge on any atom is -1.00 e. The molecule has 1 fully saturated rings. The highest BCUT2D eigenvalue weighted by molar-refractivity contribution is 14.1. The summed E-state index contributed by atoms with van der Waals surface area (Å²) in [6.45, 7) is 8.76. The van der Waals surface area contributed by atoms with E-state index in [9.17, 15) is 0 Å². The first kappa shape index (κ1) is 27.7. The van der Waals surface area contributed by atoms with Gasteiger partial charge in [-0.1, -0.05) is 84.0 Å². The van der Waals surface area contributed by atoms with E-state index in [0.29, 0.717) is 0 Å². The molecule has 0 bridgehead atoms. The van der Waals surface area contributed by atoms with Crippen LogP contribution in [0.1, 0.15) is 96.8 Å². The molecule has 0 amide bonds. The van der Waals surface area contributed by atoms with E-state index in [1.165, 1.54) is 101 Å². The molecular formula is C23H43BrINO. The van der Waals surface area contributed by atoms with Crippen molar-refractivity contribution >= 4 is 22.6 Å². The number of ether oxygens (including phenoxy) is 1. The molecule has 1 heterocycles. The van der Waals surface area contributed by atoms with Crippen LogP contribution in [0, 0.1) is 9.85 Å². The largest absolute Gasteiger partial charge is 1.00 e. The molecule has 0 atom stereocenters. The molecule has 160 valence electrons. The van der Waals surface area contributed by atoms with Crippen LogP contribution in [0.2, 0.25) is 0 Å². The summed E-state index contributed by atoms with van der Waals surface area (Å²) in [7, 11) is 0. The second-order valence-corrected chi connectivity index (χ2v) is 8.69. The summed E-state index contributed by atoms with van der Waals surface area (Å²) in [6, 6.07) is 0. The summed E-state index contributed by atoms with van der Waals surface area (Å²) >= 11 is 2.17. The molecule has 0 spiro atoms. The maximum Gasteiger partial charge on any atom is 0.141 e. The molecule has 2 nitrogen and oxygen atoms in total. The van der Waals surface area contributed by atoms with Crippen molar-refractivity contribution in [1.82, 2.24) is 0 Å². The van der Waals surface area contributed by atoms with Crippen LogP contribution < -0.4 is 17.0 Å². The number of rotatable bonds is 16. The van der Waals surface area contributed by atoms with Gasteiger partial charge in [0.1, 0.15) is 19.6 Å². The fraction of sp³-hybridized carbons (Fsp3) is 0.913. The van der Waals surface area contributed by atoms with Crippen molar-refractivity contribution in [1.29, 1.82) is 0 Å². The fourth-order valence-electron chi connectivity index (χ4n) is 4.03. The van der Waals surface area contributed by atoms with Crippen molar-refractivity contribution in [3.63, 3.8) is 0 Å². The number of halogens is 2. The molecule has 0 aliphatic carbocycles. The van der Waals surface area contributed by atoms with E-state index in [-0.39, 0.29) is 17.0 Å². The first-order valence-electron chi connectivity index (χ1n) is 11.3. The van der Waals surface area contributed by atoms with Gasteiger partial charge in [0.2, 0.25) is 0 Å². The van der Waals surface area contributed by atoms with Gasteiger partial charge in [0, 0.05) is 22.6 Å². The highest BCUT2D eigenvalue weighted by Gasteiger charge is 2.28. The summed E-state index contributed by atoms with van der Waals surface area (Å²) in [4.78, 5) is 0. The number of hydrogen-bond acceptors (Lipinski definition) is 1. The molecule has 0 aromatic heterocycles. The van der Waals surface area contributed by atoms with E-state index >= 15 is 0 Å². The summed E-state index contributed by atoms with van der Waals surface area (Å²) in [5.41, 5.74) is 0. The Morgan fingerprint density at radius 3 is 1.63 bits per heavy atom. The molecule has 1 saturated heterocycles. The van der Waals surface area contributed by atoms with Crippen molar-refractivity contribution in [2.75, 3.05) is 39.4 Å². The smallest absolute Gasteiger partial charge is 0.141 e. The van der Waals surface area contributed by atoms with Gasteiger partial charge in [-0.3, -0.25) is 0 Å². The monoisotopic (exact) mass is 555 g/mol. The lowest BCUT2D eigenvalue weighted by atomic mass is 10.0. The molecule has 0 aromatic rings. The van der Waals surface area contributed by atoms with Gasteiger partial charge < -0.3 is 26.2 Å². The summed E-state index contributed by atoms with van der Waals surface area (Å²) < 4.78 is 9.79. The zero-order chi connectivity index (χ0) is 18.8. The maximum absolute atomic E-state index is 5.56. The van der Waals surface area contributed by atoms with E-state index in [4.69, 9.17) is 4.74 Å². The van der Waals surface area contributed by atoms with E-state index in [0.717, 1.165) is 32.8 Å². The molecule has 4 heteroatoms. The van der Waals surface area contributed by atoms with E-state index < -0.39 is 0 Å². The van der Waals surface area contributed by atoms with Crippen molar-refractivity contribution in [2.45, 2.75) is 96.8 Å². The molecular weight excluding hydrogens is 513 g/mol. The van der Waals surface area contributed by atoms with Gasteiger partial charge in [0.05, 0.1) is 19.8 Å². The molecule has 0 aromatic carbocycles. The van der Waals surface area contributed by atoms with Crippen LogP contribution >= 0.6 is 22.6 Å². The van der Waals surface area contributed by atoms with Gasteiger partial charge in [-0.15, -0.1) is 0 Å². The second-order valence-electron chi connectivity index (χ2n) is 8.15. The van der Waals surface area contributed by atoms with Crippen LogP contribution in [-0.4, -0.2) is 43.9 Å². The Hall–Kier alpha value is 0.690. The van der Waals surface area contributed by atoms with Crippen LogP contribution in [0.25, 0.3) is 0 Å². The number of morpholine rings is 1. The quantitative estimate of drug-likeness (QED) is 0.122. The molecule has 1 aliphatic heterocycles. The van der Waals surface area contributed by atoms with Gasteiger partial charge in [0.25, 0.3) is 0 Å². The highest BCUT2D eigenvalue weighted by Crippen LogP contribution is 2.16. The van der Waals surface area contributed by atoms with Crippen molar-refractivity contribution < 1.29 is 26.2 Å². The Balaban J connectivity index is 0.00000676. The Labute approximate surface area is 194 Å². The SMILES string of the molecule is CCCCCCCCCCCCCCCC[N+]1(CC#CI)CCOCC1.[Br-]. The van der Waals surface area contributed by atoms with Gasteiger partial charge in [-0.25, -0.2) is 0 Å². The van der Waals surface area contributed by atoms with E-state index in [1.807, 2.05) is 0 Å². The van der Waals surface area contributed by atoms with Gasteiger partial charge in [-0.2, -0.15) is 0 Å². The third kappa shape index (κ3) is 15.2. The predicted octanol–water partition coefficient (Wildman–Crippen LogP) is 3.71. The van der Waals surface area contributed by atoms with Crippen LogP contribution in [0.3, 0.4) is 0 Å². The lowest BCUT2D eigenvalue weighted by Crippen LogP contribution is -3.00. The van der Waals surface area contributed by atoms with Crippen LogP contribution in [0.4, 0.5) is 0 Å². The predicted molar refractivity (Wildman–Crippen MR) is 123 cm³/mol. The summed E-state index contributed by atoms with van der Waals surface area (Å²) in [6.07, 6.45) is 20.1. The fourth-order valence-corrected chi connectivity index (χ4v) is 4.20.